The number of likely N-dealkylation sites (tertiary alicyclic amines) is 2. The van der Waals surface area contributed by atoms with Crippen molar-refractivity contribution in [2.45, 2.75) is 45.4 Å². The topological polar surface area (TPSA) is 43.8 Å². The third kappa shape index (κ3) is 3.69. The first-order valence-corrected chi connectivity index (χ1v) is 7.84. The maximum Gasteiger partial charge on any atom is 0.310 e. The van der Waals surface area contributed by atoms with Gasteiger partial charge in [-0.15, -0.1) is 0 Å². The van der Waals surface area contributed by atoms with Gasteiger partial charge in [-0.05, 0) is 51.7 Å². The SMILES string of the molecule is CCC1(C(=O)O)CCCN(CCN2CCCCC2)C1. The molecule has 0 radical (unpaired) electrons. The summed E-state index contributed by atoms with van der Waals surface area (Å²) in [4.78, 5) is 16.4. The van der Waals surface area contributed by atoms with Crippen LogP contribution in [0.1, 0.15) is 45.4 Å². The zero-order chi connectivity index (χ0) is 13.7. The number of carboxylic acid groups (broad SMARTS) is 1. The first-order valence-electron chi connectivity index (χ1n) is 7.84. The Hall–Kier alpha value is -0.610. The largest absolute Gasteiger partial charge is 0.481 e. The summed E-state index contributed by atoms with van der Waals surface area (Å²) < 4.78 is 0. The van der Waals surface area contributed by atoms with Gasteiger partial charge >= 0.3 is 5.97 Å². The lowest BCUT2D eigenvalue weighted by molar-refractivity contribution is -0.153. The fourth-order valence-electron chi connectivity index (χ4n) is 3.50. The van der Waals surface area contributed by atoms with E-state index in [1.165, 1.54) is 32.4 Å². The Kier molecular flexibility index (Phi) is 5.22. The summed E-state index contributed by atoms with van der Waals surface area (Å²) in [5.41, 5.74) is -0.486. The van der Waals surface area contributed by atoms with Crippen LogP contribution < -0.4 is 0 Å². The average Bonchev–Trinajstić information content (AvgIpc) is 2.46. The van der Waals surface area contributed by atoms with Crippen molar-refractivity contribution in [3.63, 3.8) is 0 Å². The van der Waals surface area contributed by atoms with Gasteiger partial charge in [-0.1, -0.05) is 13.3 Å². The minimum atomic E-state index is -0.599. The maximum absolute atomic E-state index is 11.5. The monoisotopic (exact) mass is 268 g/mol. The standard InChI is InChI=1S/C15H28N2O2/c1-2-15(14(18)19)7-6-10-17(13-15)12-11-16-8-4-3-5-9-16/h2-13H2,1H3,(H,18,19). The highest BCUT2D eigenvalue weighted by atomic mass is 16.4. The predicted molar refractivity (Wildman–Crippen MR) is 76.3 cm³/mol. The van der Waals surface area contributed by atoms with Crippen molar-refractivity contribution in [2.24, 2.45) is 5.41 Å². The number of aliphatic carboxylic acids is 1. The molecular formula is C15H28N2O2. The first-order chi connectivity index (χ1) is 9.16. The van der Waals surface area contributed by atoms with E-state index in [-0.39, 0.29) is 0 Å². The smallest absolute Gasteiger partial charge is 0.310 e. The molecule has 2 aliphatic rings. The van der Waals surface area contributed by atoms with Crippen LogP contribution in [-0.4, -0.2) is 60.1 Å². The molecule has 1 atom stereocenters. The molecule has 1 unspecified atom stereocenters. The summed E-state index contributed by atoms with van der Waals surface area (Å²) in [5, 5.41) is 9.49. The summed E-state index contributed by atoms with van der Waals surface area (Å²) in [6.45, 7) is 8.43. The molecule has 1 N–H and O–H groups in total. The second kappa shape index (κ2) is 6.71. The quantitative estimate of drug-likeness (QED) is 0.829. The lowest BCUT2D eigenvalue weighted by Gasteiger charge is -2.40. The molecular weight excluding hydrogens is 240 g/mol. The molecule has 0 saturated carbocycles. The van der Waals surface area contributed by atoms with Gasteiger partial charge in [-0.3, -0.25) is 4.79 Å². The van der Waals surface area contributed by atoms with Crippen LogP contribution in [0, 0.1) is 5.41 Å². The Morgan fingerprint density at radius 2 is 1.68 bits per heavy atom. The van der Waals surface area contributed by atoms with Crippen molar-refractivity contribution in [3.8, 4) is 0 Å². The summed E-state index contributed by atoms with van der Waals surface area (Å²) in [5.74, 6) is -0.599. The third-order valence-corrected chi connectivity index (χ3v) is 4.97. The normalized spacial score (nSPS) is 30.4. The average molecular weight is 268 g/mol. The molecule has 0 aliphatic carbocycles. The van der Waals surface area contributed by atoms with Crippen LogP contribution in [0.3, 0.4) is 0 Å². The van der Waals surface area contributed by atoms with Crippen molar-refractivity contribution in [2.75, 3.05) is 39.3 Å². The molecule has 2 heterocycles. The Labute approximate surface area is 116 Å². The molecule has 2 fully saturated rings. The lowest BCUT2D eigenvalue weighted by atomic mass is 9.77. The second-order valence-corrected chi connectivity index (χ2v) is 6.22. The summed E-state index contributed by atoms with van der Waals surface area (Å²) in [6, 6.07) is 0. The molecule has 0 amide bonds. The Morgan fingerprint density at radius 1 is 1.05 bits per heavy atom. The molecule has 4 heteroatoms. The zero-order valence-corrected chi connectivity index (χ0v) is 12.2. The molecule has 2 aliphatic heterocycles. The summed E-state index contributed by atoms with van der Waals surface area (Å²) in [7, 11) is 0. The second-order valence-electron chi connectivity index (χ2n) is 6.22. The van der Waals surface area contributed by atoms with Gasteiger partial charge in [0.1, 0.15) is 0 Å². The number of hydrogen-bond donors (Lipinski definition) is 1. The van der Waals surface area contributed by atoms with Crippen molar-refractivity contribution < 1.29 is 9.90 Å². The van der Waals surface area contributed by atoms with E-state index in [2.05, 4.69) is 9.80 Å². The van der Waals surface area contributed by atoms with E-state index in [1.54, 1.807) is 0 Å². The van der Waals surface area contributed by atoms with Crippen molar-refractivity contribution in [3.05, 3.63) is 0 Å². The lowest BCUT2D eigenvalue weighted by Crippen LogP contribution is -2.49. The molecule has 4 nitrogen and oxygen atoms in total. The number of carboxylic acids is 1. The predicted octanol–water partition coefficient (Wildman–Crippen LogP) is 2.05. The van der Waals surface area contributed by atoms with E-state index >= 15 is 0 Å². The molecule has 0 aromatic heterocycles. The summed E-state index contributed by atoms with van der Waals surface area (Å²) >= 11 is 0. The van der Waals surface area contributed by atoms with Gasteiger partial charge in [0.25, 0.3) is 0 Å². The van der Waals surface area contributed by atoms with Gasteiger partial charge in [-0.25, -0.2) is 0 Å². The van der Waals surface area contributed by atoms with Crippen LogP contribution in [0.4, 0.5) is 0 Å². The van der Waals surface area contributed by atoms with Crippen LogP contribution in [0.25, 0.3) is 0 Å². The molecule has 0 aromatic carbocycles. The van der Waals surface area contributed by atoms with Gasteiger partial charge < -0.3 is 14.9 Å². The highest BCUT2D eigenvalue weighted by Crippen LogP contribution is 2.33. The van der Waals surface area contributed by atoms with Crippen LogP contribution in [-0.2, 0) is 4.79 Å². The Bertz CT molecular complexity index is 303. The minimum Gasteiger partial charge on any atom is -0.481 e. The molecule has 2 saturated heterocycles. The zero-order valence-electron chi connectivity index (χ0n) is 12.2. The van der Waals surface area contributed by atoms with Gasteiger partial charge in [-0.2, -0.15) is 0 Å². The summed E-state index contributed by atoms with van der Waals surface area (Å²) in [6.07, 6.45) is 6.65. The fraction of sp³-hybridized carbons (Fsp3) is 0.933. The van der Waals surface area contributed by atoms with E-state index < -0.39 is 11.4 Å². The minimum absolute atomic E-state index is 0.486. The van der Waals surface area contributed by atoms with E-state index in [1.807, 2.05) is 6.92 Å². The Balaban J connectivity index is 1.81. The molecule has 19 heavy (non-hydrogen) atoms. The molecule has 2 rings (SSSR count). The van der Waals surface area contributed by atoms with Crippen LogP contribution in [0.5, 0.6) is 0 Å². The fourth-order valence-corrected chi connectivity index (χ4v) is 3.50. The number of hydrogen-bond acceptors (Lipinski definition) is 3. The van der Waals surface area contributed by atoms with Gasteiger partial charge in [0.2, 0.25) is 0 Å². The van der Waals surface area contributed by atoms with E-state index in [9.17, 15) is 9.90 Å². The van der Waals surface area contributed by atoms with Gasteiger partial charge in [0.15, 0.2) is 0 Å². The van der Waals surface area contributed by atoms with Crippen molar-refractivity contribution in [1.29, 1.82) is 0 Å². The number of nitrogens with zero attached hydrogens (tertiary/aromatic N) is 2. The highest BCUT2D eigenvalue weighted by molar-refractivity contribution is 5.75. The number of carbonyl (C=O) groups is 1. The van der Waals surface area contributed by atoms with Crippen molar-refractivity contribution >= 4 is 5.97 Å². The number of piperidine rings is 2. The van der Waals surface area contributed by atoms with Gasteiger partial charge in [0, 0.05) is 19.6 Å². The molecule has 0 spiro atoms. The third-order valence-electron chi connectivity index (χ3n) is 4.97. The Morgan fingerprint density at radius 3 is 2.32 bits per heavy atom. The van der Waals surface area contributed by atoms with E-state index in [0.29, 0.717) is 0 Å². The van der Waals surface area contributed by atoms with E-state index in [0.717, 1.165) is 45.4 Å². The van der Waals surface area contributed by atoms with Crippen LogP contribution in [0.15, 0.2) is 0 Å². The van der Waals surface area contributed by atoms with Crippen LogP contribution >= 0.6 is 0 Å². The van der Waals surface area contributed by atoms with Crippen molar-refractivity contribution in [1.82, 2.24) is 9.80 Å². The first kappa shape index (κ1) is 14.8. The molecule has 110 valence electrons. The molecule has 0 bridgehead atoms. The van der Waals surface area contributed by atoms with Gasteiger partial charge in [0.05, 0.1) is 5.41 Å². The van der Waals surface area contributed by atoms with Crippen LogP contribution in [0.2, 0.25) is 0 Å². The number of rotatable bonds is 5. The van der Waals surface area contributed by atoms with E-state index in [4.69, 9.17) is 0 Å². The highest BCUT2D eigenvalue weighted by Gasteiger charge is 2.40. The molecule has 0 aromatic rings. The maximum atomic E-state index is 11.5.